The molecule has 0 unspecified atom stereocenters. The summed E-state index contributed by atoms with van der Waals surface area (Å²) >= 11 is 0. The van der Waals surface area contributed by atoms with Crippen molar-refractivity contribution in [3.8, 4) is 11.5 Å². The minimum absolute atomic E-state index is 0. The summed E-state index contributed by atoms with van der Waals surface area (Å²) in [6, 6.07) is 13.2. The summed E-state index contributed by atoms with van der Waals surface area (Å²) in [5.41, 5.74) is 2.78. The zero-order chi connectivity index (χ0) is 24.8. The molecule has 0 saturated carbocycles. The Labute approximate surface area is 232 Å². The third-order valence-corrected chi connectivity index (χ3v) is 6.47. The number of likely N-dealkylation sites (tertiary alicyclic amines) is 1. The molecule has 4 rings (SSSR count). The van der Waals surface area contributed by atoms with Crippen LogP contribution in [0.3, 0.4) is 0 Å². The summed E-state index contributed by atoms with van der Waals surface area (Å²) in [6.07, 6.45) is 6.28. The van der Waals surface area contributed by atoms with Gasteiger partial charge in [0.15, 0.2) is 0 Å². The lowest BCUT2D eigenvalue weighted by Crippen LogP contribution is -2.38. The number of fused-ring (bicyclic) bond motifs is 1. The average Bonchev–Trinajstić information content (AvgIpc) is 3.50. The Kier molecular flexibility index (Phi) is 11.4. The molecule has 198 valence electrons. The first kappa shape index (κ1) is 30.1. The first-order valence-electron chi connectivity index (χ1n) is 12.3. The summed E-state index contributed by atoms with van der Waals surface area (Å²) in [6.45, 7) is 12.0. The predicted octanol–water partition coefficient (Wildman–Crippen LogP) is 6.36. The van der Waals surface area contributed by atoms with E-state index in [9.17, 15) is 9.59 Å². The molecule has 2 aromatic carbocycles. The number of nitrogens with zero attached hydrogens (tertiary/aromatic N) is 2. The van der Waals surface area contributed by atoms with E-state index >= 15 is 0 Å². The summed E-state index contributed by atoms with van der Waals surface area (Å²) in [4.78, 5) is 33.5. The largest absolute Gasteiger partial charge is 0.457 e. The van der Waals surface area contributed by atoms with Gasteiger partial charge in [0.2, 0.25) is 11.8 Å². The molecule has 2 N–H and O–H groups in total. The number of benzene rings is 2. The number of rotatable bonds is 9. The fourth-order valence-corrected chi connectivity index (χ4v) is 4.53. The molecule has 2 amide bonds. The molecule has 0 bridgehead atoms. The number of carbonyl (C=O) groups excluding carboxylic acids is 2. The van der Waals surface area contributed by atoms with Crippen LogP contribution in [0.1, 0.15) is 51.5 Å². The van der Waals surface area contributed by atoms with E-state index in [-0.39, 0.29) is 50.9 Å². The third kappa shape index (κ3) is 7.46. The molecule has 3 aromatic rings. The van der Waals surface area contributed by atoms with Crippen molar-refractivity contribution in [2.45, 2.75) is 58.5 Å². The molecule has 2 atom stereocenters. The van der Waals surface area contributed by atoms with Gasteiger partial charge in [-0.3, -0.25) is 19.3 Å². The summed E-state index contributed by atoms with van der Waals surface area (Å²) in [7, 11) is 0. The van der Waals surface area contributed by atoms with Gasteiger partial charge in [0, 0.05) is 48.1 Å². The monoisotopic (exact) mass is 540 g/mol. The van der Waals surface area contributed by atoms with Gasteiger partial charge < -0.3 is 15.0 Å². The molecule has 7 nitrogen and oxygen atoms in total. The van der Waals surface area contributed by atoms with Gasteiger partial charge in [-0.25, -0.2) is 6.57 Å². The topological polar surface area (TPSA) is 78.8 Å². The number of aromatic nitrogens is 1. The van der Waals surface area contributed by atoms with Crippen molar-refractivity contribution in [3.05, 3.63) is 65.6 Å². The quantitative estimate of drug-likeness (QED) is 0.310. The Morgan fingerprint density at radius 2 is 1.92 bits per heavy atom. The summed E-state index contributed by atoms with van der Waals surface area (Å²) in [5.74, 6) is 1.24. The highest BCUT2D eigenvalue weighted by atomic mass is 32.1. The molecule has 1 fully saturated rings. The fourth-order valence-electron chi connectivity index (χ4n) is 4.53. The molecule has 0 radical (unpaired) electrons. The number of aromatic amines is 1. The number of anilines is 1. The molecule has 1 aliphatic heterocycles. The van der Waals surface area contributed by atoms with Crippen molar-refractivity contribution >= 4 is 55.4 Å². The van der Waals surface area contributed by atoms with Gasteiger partial charge in [-0.15, -0.1) is 0 Å². The number of unbranched alkanes of at least 4 members (excludes halogenated alkanes) is 1. The second kappa shape index (κ2) is 14.0. The van der Waals surface area contributed by atoms with Gasteiger partial charge in [0.05, 0.1) is 0 Å². The maximum atomic E-state index is 13.0. The number of H-pyrrole nitrogens is 1. The van der Waals surface area contributed by atoms with Crippen LogP contribution in [0, 0.1) is 12.5 Å². The molecule has 1 aliphatic rings. The SMILES string of the molecule is S.S.[C-]#[N+][C@@H]1CCCN1C(=O)[C@@H](C)Cc1c[nH]c2ccc(Oc3ccc(NC(=O)CCCC)cc3)cc12. The summed E-state index contributed by atoms with van der Waals surface area (Å²) < 4.78 is 6.06. The lowest BCUT2D eigenvalue weighted by atomic mass is 9.99. The Balaban J connectivity index is 0.00000241. The highest BCUT2D eigenvalue weighted by Crippen LogP contribution is 2.30. The normalized spacial score (nSPS) is 15.3. The first-order valence-corrected chi connectivity index (χ1v) is 12.3. The minimum Gasteiger partial charge on any atom is -0.457 e. The van der Waals surface area contributed by atoms with E-state index < -0.39 is 0 Å². The van der Waals surface area contributed by atoms with Gasteiger partial charge in [-0.05, 0) is 67.3 Å². The number of nitrogens with one attached hydrogen (secondary N) is 2. The summed E-state index contributed by atoms with van der Waals surface area (Å²) in [5, 5.41) is 3.92. The van der Waals surface area contributed by atoms with Crippen molar-refractivity contribution in [1.82, 2.24) is 9.88 Å². The lowest BCUT2D eigenvalue weighted by molar-refractivity contribution is -0.135. The molecule has 1 aromatic heterocycles. The van der Waals surface area contributed by atoms with Gasteiger partial charge in [0.1, 0.15) is 11.5 Å². The van der Waals surface area contributed by atoms with Gasteiger partial charge in [0.25, 0.3) is 0 Å². The highest BCUT2D eigenvalue weighted by molar-refractivity contribution is 7.59. The molecular formula is C28H36N4O3S2. The van der Waals surface area contributed by atoms with Gasteiger partial charge >= 0.3 is 6.17 Å². The van der Waals surface area contributed by atoms with E-state index in [1.54, 1.807) is 4.90 Å². The Hall–Kier alpha value is -3.09. The van der Waals surface area contributed by atoms with Crippen LogP contribution in [-0.2, 0) is 16.0 Å². The lowest BCUT2D eigenvalue weighted by Gasteiger charge is -2.20. The van der Waals surface area contributed by atoms with Crippen LogP contribution in [0.4, 0.5) is 5.69 Å². The first-order chi connectivity index (χ1) is 17.0. The highest BCUT2D eigenvalue weighted by Gasteiger charge is 2.35. The Bertz CT molecular complexity index is 1240. The van der Waals surface area contributed by atoms with E-state index in [4.69, 9.17) is 11.3 Å². The van der Waals surface area contributed by atoms with E-state index in [2.05, 4.69) is 22.1 Å². The van der Waals surface area contributed by atoms with Crippen molar-refractivity contribution in [1.29, 1.82) is 0 Å². The van der Waals surface area contributed by atoms with Crippen molar-refractivity contribution in [3.63, 3.8) is 0 Å². The second-order valence-electron chi connectivity index (χ2n) is 9.19. The molecule has 2 heterocycles. The van der Waals surface area contributed by atoms with E-state index in [0.717, 1.165) is 47.8 Å². The van der Waals surface area contributed by atoms with Crippen LogP contribution >= 0.6 is 27.0 Å². The molecule has 0 spiro atoms. The van der Waals surface area contributed by atoms with E-state index in [1.807, 2.05) is 55.6 Å². The van der Waals surface area contributed by atoms with Crippen molar-refractivity contribution < 1.29 is 14.3 Å². The smallest absolute Gasteiger partial charge is 0.300 e. The zero-order valence-corrected chi connectivity index (χ0v) is 23.3. The number of hydrogen-bond acceptors (Lipinski definition) is 3. The minimum atomic E-state index is -0.316. The van der Waals surface area contributed by atoms with Crippen LogP contribution in [0.5, 0.6) is 11.5 Å². The van der Waals surface area contributed by atoms with Crippen LogP contribution in [0.15, 0.2) is 48.7 Å². The number of carbonyl (C=O) groups is 2. The molecule has 1 saturated heterocycles. The number of ether oxygens (including phenoxy) is 1. The van der Waals surface area contributed by atoms with Crippen LogP contribution in [0.2, 0.25) is 0 Å². The Morgan fingerprint density at radius 1 is 1.19 bits per heavy atom. The standard InChI is InChI=1S/C28H32N4O3.2H2S/c1-4-5-8-27(33)31-21-9-11-22(12-10-21)35-23-13-14-25-24(17-23)20(18-30-25)16-19(2)28(34)32-15-6-7-26(32)29-3;;/h9-14,17-19,26,30H,4-8,15-16H2,1-2H3,(H,31,33);2*1H2/t19-,26-;;/m0../s1. The third-order valence-electron chi connectivity index (χ3n) is 6.47. The van der Waals surface area contributed by atoms with Crippen molar-refractivity contribution in [2.75, 3.05) is 11.9 Å². The molecule has 37 heavy (non-hydrogen) atoms. The van der Waals surface area contributed by atoms with E-state index in [0.29, 0.717) is 30.9 Å². The predicted molar refractivity (Wildman–Crippen MR) is 158 cm³/mol. The zero-order valence-electron chi connectivity index (χ0n) is 21.3. The van der Waals surface area contributed by atoms with E-state index in [1.165, 1.54) is 0 Å². The van der Waals surface area contributed by atoms with Crippen LogP contribution in [0.25, 0.3) is 15.7 Å². The number of hydrogen-bond donors (Lipinski definition) is 2. The van der Waals surface area contributed by atoms with Gasteiger partial charge in [-0.2, -0.15) is 27.0 Å². The number of amides is 2. The van der Waals surface area contributed by atoms with Crippen LogP contribution in [-0.4, -0.2) is 34.4 Å². The Morgan fingerprint density at radius 3 is 2.62 bits per heavy atom. The van der Waals surface area contributed by atoms with Crippen LogP contribution < -0.4 is 10.1 Å². The molecular weight excluding hydrogens is 504 g/mol. The molecule has 0 aliphatic carbocycles. The molecule has 9 heteroatoms. The second-order valence-corrected chi connectivity index (χ2v) is 9.19. The van der Waals surface area contributed by atoms with Crippen molar-refractivity contribution in [2.24, 2.45) is 5.92 Å². The average molecular weight is 541 g/mol. The van der Waals surface area contributed by atoms with Gasteiger partial charge in [-0.1, -0.05) is 20.3 Å². The maximum absolute atomic E-state index is 13.0. The fraction of sp³-hybridized carbons (Fsp3) is 0.393. The maximum Gasteiger partial charge on any atom is 0.300 e.